The summed E-state index contributed by atoms with van der Waals surface area (Å²) in [6.07, 6.45) is 1.83. The molecule has 2 N–H and O–H groups in total. The van der Waals surface area contributed by atoms with Gasteiger partial charge in [0.25, 0.3) is 10.0 Å². The van der Waals surface area contributed by atoms with E-state index in [2.05, 4.69) is 10.0 Å². The standard InChI is InChI=1S/C19H23N3O3S/c1-13-7-8-15(12-18(13)22(2)3)21-26(24,25)16-9-10-17-14(11-16)5-4-6-19(23)20-17/h7-12,21H,4-6H2,1-3H3,(H,20,23). The van der Waals surface area contributed by atoms with E-state index in [0.717, 1.165) is 16.8 Å². The van der Waals surface area contributed by atoms with Crippen LogP contribution in [-0.4, -0.2) is 28.4 Å². The maximum absolute atomic E-state index is 12.8. The monoisotopic (exact) mass is 373 g/mol. The van der Waals surface area contributed by atoms with E-state index in [-0.39, 0.29) is 10.8 Å². The van der Waals surface area contributed by atoms with E-state index in [1.807, 2.05) is 38.1 Å². The molecule has 26 heavy (non-hydrogen) atoms. The molecule has 0 aromatic heterocycles. The molecule has 0 unspecified atom stereocenters. The van der Waals surface area contributed by atoms with Crippen LogP contribution in [0.5, 0.6) is 0 Å². The molecule has 1 aliphatic rings. The number of hydrogen-bond acceptors (Lipinski definition) is 4. The zero-order valence-electron chi connectivity index (χ0n) is 15.2. The molecule has 6 nitrogen and oxygen atoms in total. The summed E-state index contributed by atoms with van der Waals surface area (Å²) in [5.41, 5.74) is 4.07. The van der Waals surface area contributed by atoms with Gasteiger partial charge in [-0.25, -0.2) is 8.42 Å². The molecule has 0 bridgehead atoms. The smallest absolute Gasteiger partial charge is 0.261 e. The number of carbonyl (C=O) groups excluding carboxylic acids is 1. The third-order valence-corrected chi connectivity index (χ3v) is 5.83. The molecule has 2 aromatic rings. The summed E-state index contributed by atoms with van der Waals surface area (Å²) in [7, 11) is 0.127. The van der Waals surface area contributed by atoms with E-state index in [4.69, 9.17) is 0 Å². The van der Waals surface area contributed by atoms with Gasteiger partial charge in [-0.3, -0.25) is 9.52 Å². The predicted octanol–water partition coefficient (Wildman–Crippen LogP) is 3.14. The van der Waals surface area contributed by atoms with Crippen LogP contribution in [0.15, 0.2) is 41.3 Å². The van der Waals surface area contributed by atoms with E-state index in [1.54, 1.807) is 18.2 Å². The molecule has 0 radical (unpaired) electrons. The van der Waals surface area contributed by atoms with Crippen LogP contribution in [0.3, 0.4) is 0 Å². The van der Waals surface area contributed by atoms with Crippen LogP contribution < -0.4 is 14.9 Å². The number of benzene rings is 2. The lowest BCUT2D eigenvalue weighted by Gasteiger charge is -2.18. The summed E-state index contributed by atoms with van der Waals surface area (Å²) < 4.78 is 28.2. The van der Waals surface area contributed by atoms with Crippen LogP contribution in [0.25, 0.3) is 0 Å². The summed E-state index contributed by atoms with van der Waals surface area (Å²) in [6, 6.07) is 10.3. The van der Waals surface area contributed by atoms with Gasteiger partial charge in [-0.15, -0.1) is 0 Å². The summed E-state index contributed by atoms with van der Waals surface area (Å²) in [6.45, 7) is 1.98. The minimum atomic E-state index is -3.71. The van der Waals surface area contributed by atoms with Crippen LogP contribution >= 0.6 is 0 Å². The second-order valence-electron chi connectivity index (χ2n) is 6.72. The molecule has 0 saturated heterocycles. The van der Waals surface area contributed by atoms with E-state index in [1.165, 1.54) is 6.07 Å². The highest BCUT2D eigenvalue weighted by molar-refractivity contribution is 7.92. The van der Waals surface area contributed by atoms with Crippen molar-refractivity contribution in [2.24, 2.45) is 0 Å². The first-order chi connectivity index (χ1) is 12.3. The molecule has 1 aliphatic heterocycles. The van der Waals surface area contributed by atoms with Crippen molar-refractivity contribution in [3.8, 4) is 0 Å². The van der Waals surface area contributed by atoms with Gasteiger partial charge in [-0.2, -0.15) is 0 Å². The molecule has 0 fully saturated rings. The lowest BCUT2D eigenvalue weighted by atomic mass is 10.1. The maximum Gasteiger partial charge on any atom is 0.261 e. The first-order valence-corrected chi connectivity index (χ1v) is 9.98. The number of hydrogen-bond donors (Lipinski definition) is 2. The molecule has 0 spiro atoms. The fourth-order valence-electron chi connectivity index (χ4n) is 3.09. The van der Waals surface area contributed by atoms with Crippen molar-refractivity contribution in [2.45, 2.75) is 31.1 Å². The van der Waals surface area contributed by atoms with Crippen LogP contribution in [0, 0.1) is 6.92 Å². The third-order valence-electron chi connectivity index (χ3n) is 4.45. The van der Waals surface area contributed by atoms with Gasteiger partial charge in [0.2, 0.25) is 5.91 Å². The molecule has 0 aliphatic carbocycles. The van der Waals surface area contributed by atoms with Crippen molar-refractivity contribution in [3.63, 3.8) is 0 Å². The highest BCUT2D eigenvalue weighted by atomic mass is 32.2. The number of fused-ring (bicyclic) bond motifs is 1. The van der Waals surface area contributed by atoms with E-state index < -0.39 is 10.0 Å². The fourth-order valence-corrected chi connectivity index (χ4v) is 4.19. The second-order valence-corrected chi connectivity index (χ2v) is 8.40. The number of anilines is 3. The van der Waals surface area contributed by atoms with Crippen molar-refractivity contribution in [1.29, 1.82) is 0 Å². The Morgan fingerprint density at radius 3 is 2.58 bits per heavy atom. The van der Waals surface area contributed by atoms with Gasteiger partial charge in [-0.05, 0) is 61.2 Å². The largest absolute Gasteiger partial charge is 0.377 e. The van der Waals surface area contributed by atoms with Gasteiger partial charge in [0.05, 0.1) is 10.6 Å². The summed E-state index contributed by atoms with van der Waals surface area (Å²) in [4.78, 5) is 13.8. The van der Waals surface area contributed by atoms with Crippen molar-refractivity contribution in [1.82, 2.24) is 0 Å². The van der Waals surface area contributed by atoms with E-state index >= 15 is 0 Å². The van der Waals surface area contributed by atoms with Gasteiger partial charge < -0.3 is 10.2 Å². The zero-order chi connectivity index (χ0) is 18.9. The summed E-state index contributed by atoms with van der Waals surface area (Å²) in [5, 5.41) is 2.82. The van der Waals surface area contributed by atoms with Crippen molar-refractivity contribution in [2.75, 3.05) is 29.0 Å². The van der Waals surface area contributed by atoms with E-state index in [9.17, 15) is 13.2 Å². The number of nitrogens with one attached hydrogen (secondary N) is 2. The Balaban J connectivity index is 1.90. The number of carbonyl (C=O) groups is 1. The lowest BCUT2D eigenvalue weighted by Crippen LogP contribution is -2.15. The average molecular weight is 373 g/mol. The Bertz CT molecular complexity index is 952. The molecule has 2 aromatic carbocycles. The minimum Gasteiger partial charge on any atom is -0.377 e. The molecule has 138 valence electrons. The summed E-state index contributed by atoms with van der Waals surface area (Å²) >= 11 is 0. The normalized spacial score (nSPS) is 14.2. The van der Waals surface area contributed by atoms with Gasteiger partial charge >= 0.3 is 0 Å². The SMILES string of the molecule is Cc1ccc(NS(=O)(=O)c2ccc3c(c2)CCCC(=O)N3)cc1N(C)C. The maximum atomic E-state index is 12.8. The molecule has 1 heterocycles. The number of sulfonamides is 1. The van der Waals surface area contributed by atoms with Crippen molar-refractivity contribution >= 4 is 33.0 Å². The Morgan fingerprint density at radius 1 is 1.08 bits per heavy atom. The van der Waals surface area contributed by atoms with Gasteiger partial charge in [0, 0.05) is 31.9 Å². The Morgan fingerprint density at radius 2 is 1.85 bits per heavy atom. The minimum absolute atomic E-state index is 0.0339. The van der Waals surface area contributed by atoms with Crippen LogP contribution in [0.1, 0.15) is 24.0 Å². The predicted molar refractivity (Wildman–Crippen MR) is 104 cm³/mol. The highest BCUT2D eigenvalue weighted by Crippen LogP contribution is 2.28. The van der Waals surface area contributed by atoms with Crippen molar-refractivity contribution in [3.05, 3.63) is 47.5 Å². The van der Waals surface area contributed by atoms with Gasteiger partial charge in [0.15, 0.2) is 0 Å². The molecular formula is C19H23N3O3S. The first-order valence-electron chi connectivity index (χ1n) is 8.50. The Kier molecular flexibility index (Phi) is 4.91. The van der Waals surface area contributed by atoms with Gasteiger partial charge in [-0.1, -0.05) is 6.07 Å². The van der Waals surface area contributed by atoms with E-state index in [0.29, 0.717) is 30.6 Å². The highest BCUT2D eigenvalue weighted by Gasteiger charge is 2.19. The average Bonchev–Trinajstić information content (AvgIpc) is 2.76. The molecule has 1 amide bonds. The number of amides is 1. The summed E-state index contributed by atoms with van der Waals surface area (Å²) in [5.74, 6) is -0.0339. The van der Waals surface area contributed by atoms with Crippen LogP contribution in [0.4, 0.5) is 17.1 Å². The molecule has 0 saturated carbocycles. The topological polar surface area (TPSA) is 78.5 Å². The number of rotatable bonds is 4. The Hall–Kier alpha value is -2.54. The molecular weight excluding hydrogens is 350 g/mol. The second kappa shape index (κ2) is 6.99. The number of nitrogens with zero attached hydrogens (tertiary/aromatic N) is 1. The molecule has 7 heteroatoms. The van der Waals surface area contributed by atoms with Crippen LogP contribution in [-0.2, 0) is 21.2 Å². The zero-order valence-corrected chi connectivity index (χ0v) is 16.0. The molecule has 0 atom stereocenters. The number of aryl methyl sites for hydroxylation is 2. The Labute approximate surface area is 154 Å². The first kappa shape index (κ1) is 18.3. The quantitative estimate of drug-likeness (QED) is 0.863. The fraction of sp³-hybridized carbons (Fsp3) is 0.316. The van der Waals surface area contributed by atoms with Crippen molar-refractivity contribution < 1.29 is 13.2 Å². The molecule has 3 rings (SSSR count). The third kappa shape index (κ3) is 3.83. The van der Waals surface area contributed by atoms with Gasteiger partial charge in [0.1, 0.15) is 0 Å². The lowest BCUT2D eigenvalue weighted by molar-refractivity contribution is -0.116. The van der Waals surface area contributed by atoms with Crippen LogP contribution in [0.2, 0.25) is 0 Å².